The van der Waals surface area contributed by atoms with Crippen LogP contribution in [0.25, 0.3) is 0 Å². The van der Waals surface area contributed by atoms with Crippen LogP contribution in [0.5, 0.6) is 0 Å². The maximum atomic E-state index is 13.0. The second-order valence-electron chi connectivity index (χ2n) is 4.27. The fourth-order valence-electron chi connectivity index (χ4n) is 1.48. The molecule has 2 N–H and O–H groups in total. The van der Waals surface area contributed by atoms with Crippen LogP contribution in [0.3, 0.4) is 0 Å². The zero-order valence-corrected chi connectivity index (χ0v) is 10.9. The Bertz CT molecular complexity index is 429. The van der Waals surface area contributed by atoms with E-state index in [1.54, 1.807) is 6.92 Å². The van der Waals surface area contributed by atoms with E-state index in [0.29, 0.717) is 6.54 Å². The summed E-state index contributed by atoms with van der Waals surface area (Å²) in [5, 5.41) is 5.50. The summed E-state index contributed by atoms with van der Waals surface area (Å²) < 4.78 is 38.7. The summed E-state index contributed by atoms with van der Waals surface area (Å²) >= 11 is 0. The molecule has 1 rings (SSSR count). The molecule has 0 spiro atoms. The van der Waals surface area contributed by atoms with E-state index in [-0.39, 0.29) is 18.0 Å². The van der Waals surface area contributed by atoms with Gasteiger partial charge in [0.25, 0.3) is 0 Å². The van der Waals surface area contributed by atoms with Crippen LogP contribution in [0.15, 0.2) is 12.1 Å². The van der Waals surface area contributed by atoms with Crippen LogP contribution < -0.4 is 10.6 Å². The van der Waals surface area contributed by atoms with Gasteiger partial charge in [-0.05, 0) is 31.0 Å². The molecule has 0 fully saturated rings. The lowest BCUT2D eigenvalue weighted by Crippen LogP contribution is -2.42. The van der Waals surface area contributed by atoms with E-state index in [0.717, 1.165) is 18.6 Å². The summed E-state index contributed by atoms with van der Waals surface area (Å²) in [6, 6.07) is 1.31. The van der Waals surface area contributed by atoms with E-state index < -0.39 is 23.5 Å². The number of nitrogens with one attached hydrogen (secondary N) is 2. The highest BCUT2D eigenvalue weighted by atomic mass is 19.2. The van der Waals surface area contributed by atoms with E-state index in [2.05, 4.69) is 10.6 Å². The molecule has 0 radical (unpaired) electrons. The Hall–Kier alpha value is -1.56. The molecule has 1 amide bonds. The maximum absolute atomic E-state index is 13.0. The van der Waals surface area contributed by atoms with Crippen LogP contribution >= 0.6 is 0 Å². The van der Waals surface area contributed by atoms with Gasteiger partial charge in [0.2, 0.25) is 5.91 Å². The number of benzene rings is 1. The summed E-state index contributed by atoms with van der Waals surface area (Å²) in [5.74, 6) is -4.15. The first-order chi connectivity index (χ1) is 8.95. The molecule has 0 aromatic heterocycles. The van der Waals surface area contributed by atoms with Gasteiger partial charge in [-0.3, -0.25) is 4.79 Å². The predicted molar refractivity (Wildman–Crippen MR) is 65.9 cm³/mol. The summed E-state index contributed by atoms with van der Waals surface area (Å²) in [7, 11) is 0. The molecule has 19 heavy (non-hydrogen) atoms. The van der Waals surface area contributed by atoms with Crippen LogP contribution in [-0.2, 0) is 11.3 Å². The molecule has 0 saturated heterocycles. The number of carbonyl (C=O) groups excluding carboxylic acids is 1. The van der Waals surface area contributed by atoms with Gasteiger partial charge in [-0.1, -0.05) is 6.92 Å². The minimum Gasteiger partial charge on any atom is -0.355 e. The van der Waals surface area contributed by atoms with Crippen LogP contribution in [0.1, 0.15) is 25.8 Å². The first-order valence-electron chi connectivity index (χ1n) is 6.10. The molecule has 0 aliphatic heterocycles. The SMILES string of the molecule is CCCNC(=O)C(C)NCc1cc(F)c(F)c(F)c1. The summed E-state index contributed by atoms with van der Waals surface area (Å²) in [5.41, 5.74) is 0.242. The molecule has 1 atom stereocenters. The van der Waals surface area contributed by atoms with E-state index in [1.807, 2.05) is 6.92 Å². The standard InChI is InChI=1S/C13H17F3N2O/c1-3-4-17-13(19)8(2)18-7-9-5-10(14)12(16)11(15)6-9/h5-6,8,18H,3-4,7H2,1-2H3,(H,17,19). The number of hydrogen-bond donors (Lipinski definition) is 2. The quantitative estimate of drug-likeness (QED) is 0.780. The first kappa shape index (κ1) is 15.5. The van der Waals surface area contributed by atoms with Crippen molar-refractivity contribution >= 4 is 5.91 Å². The van der Waals surface area contributed by atoms with Gasteiger partial charge >= 0.3 is 0 Å². The van der Waals surface area contributed by atoms with Crippen molar-refractivity contribution in [2.75, 3.05) is 6.54 Å². The maximum Gasteiger partial charge on any atom is 0.236 e. The zero-order chi connectivity index (χ0) is 14.4. The fraction of sp³-hybridized carbons (Fsp3) is 0.462. The van der Waals surface area contributed by atoms with Crippen LogP contribution in [0, 0.1) is 17.5 Å². The van der Waals surface area contributed by atoms with Crippen molar-refractivity contribution in [1.29, 1.82) is 0 Å². The summed E-state index contributed by atoms with van der Waals surface area (Å²) in [4.78, 5) is 11.5. The topological polar surface area (TPSA) is 41.1 Å². The number of halogens is 3. The van der Waals surface area contributed by atoms with Gasteiger partial charge in [-0.2, -0.15) is 0 Å². The molecule has 0 aliphatic carbocycles. The highest BCUT2D eigenvalue weighted by Gasteiger charge is 2.13. The Balaban J connectivity index is 2.55. The van der Waals surface area contributed by atoms with E-state index in [1.165, 1.54) is 0 Å². The Morgan fingerprint density at radius 2 is 1.84 bits per heavy atom. The van der Waals surface area contributed by atoms with Crippen LogP contribution in [0.2, 0.25) is 0 Å². The van der Waals surface area contributed by atoms with Gasteiger partial charge < -0.3 is 10.6 Å². The molecule has 0 heterocycles. The van der Waals surface area contributed by atoms with Gasteiger partial charge in [-0.15, -0.1) is 0 Å². The van der Waals surface area contributed by atoms with E-state index in [4.69, 9.17) is 0 Å². The third-order valence-corrected chi connectivity index (χ3v) is 2.60. The Morgan fingerprint density at radius 3 is 2.37 bits per heavy atom. The van der Waals surface area contributed by atoms with Crippen LogP contribution in [-0.4, -0.2) is 18.5 Å². The predicted octanol–water partition coefficient (Wildman–Crippen LogP) is 2.11. The molecular weight excluding hydrogens is 257 g/mol. The zero-order valence-electron chi connectivity index (χ0n) is 10.9. The van der Waals surface area contributed by atoms with Gasteiger partial charge in [0.15, 0.2) is 17.5 Å². The normalized spacial score (nSPS) is 12.3. The van der Waals surface area contributed by atoms with Crippen molar-refractivity contribution in [1.82, 2.24) is 10.6 Å². The van der Waals surface area contributed by atoms with Gasteiger partial charge in [0, 0.05) is 13.1 Å². The van der Waals surface area contributed by atoms with E-state index in [9.17, 15) is 18.0 Å². The largest absolute Gasteiger partial charge is 0.355 e. The van der Waals surface area contributed by atoms with Gasteiger partial charge in [0.1, 0.15) is 0 Å². The van der Waals surface area contributed by atoms with Crippen molar-refractivity contribution in [3.8, 4) is 0 Å². The Labute approximate surface area is 110 Å². The Kier molecular flexibility index (Phi) is 5.82. The minimum atomic E-state index is -1.49. The van der Waals surface area contributed by atoms with Gasteiger partial charge in [0.05, 0.1) is 6.04 Å². The molecule has 3 nitrogen and oxygen atoms in total. The molecule has 1 unspecified atom stereocenters. The second kappa shape index (κ2) is 7.13. The van der Waals surface area contributed by atoms with Crippen molar-refractivity contribution in [2.45, 2.75) is 32.9 Å². The summed E-state index contributed by atoms with van der Waals surface area (Å²) in [6.45, 7) is 4.23. The lowest BCUT2D eigenvalue weighted by Gasteiger charge is -2.14. The molecule has 1 aromatic carbocycles. The smallest absolute Gasteiger partial charge is 0.236 e. The lowest BCUT2D eigenvalue weighted by atomic mass is 10.2. The number of hydrogen-bond acceptors (Lipinski definition) is 2. The third-order valence-electron chi connectivity index (χ3n) is 2.60. The molecule has 1 aromatic rings. The first-order valence-corrected chi connectivity index (χ1v) is 6.10. The number of amides is 1. The monoisotopic (exact) mass is 274 g/mol. The van der Waals surface area contributed by atoms with Gasteiger partial charge in [-0.25, -0.2) is 13.2 Å². The molecule has 0 aliphatic rings. The minimum absolute atomic E-state index is 0.0782. The fourth-order valence-corrected chi connectivity index (χ4v) is 1.48. The molecular formula is C13H17F3N2O. The molecule has 106 valence electrons. The van der Waals surface area contributed by atoms with Crippen LogP contribution in [0.4, 0.5) is 13.2 Å². The third kappa shape index (κ3) is 4.55. The number of carbonyl (C=O) groups is 1. The average Bonchev–Trinajstić information content (AvgIpc) is 2.39. The summed E-state index contributed by atoms with van der Waals surface area (Å²) in [6.07, 6.45) is 0.826. The molecule has 0 bridgehead atoms. The second-order valence-corrected chi connectivity index (χ2v) is 4.27. The molecule has 0 saturated carbocycles. The van der Waals surface area contributed by atoms with Crippen molar-refractivity contribution < 1.29 is 18.0 Å². The Morgan fingerprint density at radius 1 is 1.26 bits per heavy atom. The van der Waals surface area contributed by atoms with Crippen molar-refractivity contribution in [3.63, 3.8) is 0 Å². The lowest BCUT2D eigenvalue weighted by molar-refractivity contribution is -0.122. The molecule has 6 heteroatoms. The number of rotatable bonds is 6. The van der Waals surface area contributed by atoms with Crippen molar-refractivity contribution in [2.24, 2.45) is 0 Å². The highest BCUT2D eigenvalue weighted by molar-refractivity contribution is 5.81. The highest BCUT2D eigenvalue weighted by Crippen LogP contribution is 2.13. The van der Waals surface area contributed by atoms with Crippen molar-refractivity contribution in [3.05, 3.63) is 35.1 Å². The van der Waals surface area contributed by atoms with E-state index >= 15 is 0 Å². The average molecular weight is 274 g/mol.